The molecular formula is C16H14ClN3O5. The predicted molar refractivity (Wildman–Crippen MR) is 90.4 cm³/mol. The largest absolute Gasteiger partial charge is 0.496 e. The molecule has 25 heavy (non-hydrogen) atoms. The van der Waals surface area contributed by atoms with Gasteiger partial charge in [-0.25, -0.2) is 0 Å². The van der Waals surface area contributed by atoms with Crippen LogP contribution in [0.5, 0.6) is 5.75 Å². The van der Waals surface area contributed by atoms with Gasteiger partial charge >= 0.3 is 0 Å². The summed E-state index contributed by atoms with van der Waals surface area (Å²) in [5.74, 6) is -0.571. The summed E-state index contributed by atoms with van der Waals surface area (Å²) < 4.78 is 5.15. The lowest BCUT2D eigenvalue weighted by molar-refractivity contribution is -0.384. The summed E-state index contributed by atoms with van der Waals surface area (Å²) in [6.07, 6.45) is -0.0513. The number of hydrogen-bond donors (Lipinski definition) is 2. The molecule has 2 N–H and O–H groups in total. The number of halogens is 1. The number of hydrogen-bond acceptors (Lipinski definition) is 5. The van der Waals surface area contributed by atoms with Crippen LogP contribution in [-0.4, -0.2) is 23.8 Å². The maximum Gasteiger partial charge on any atom is 0.269 e. The monoisotopic (exact) mass is 363 g/mol. The third-order valence-electron chi connectivity index (χ3n) is 3.25. The van der Waals surface area contributed by atoms with Crippen LogP contribution in [0, 0.1) is 10.1 Å². The van der Waals surface area contributed by atoms with E-state index in [4.69, 9.17) is 16.3 Å². The van der Waals surface area contributed by atoms with Gasteiger partial charge in [0.1, 0.15) is 5.75 Å². The molecule has 0 aliphatic carbocycles. The van der Waals surface area contributed by atoms with Crippen molar-refractivity contribution in [1.82, 2.24) is 10.9 Å². The second-order valence-corrected chi connectivity index (χ2v) is 5.38. The van der Waals surface area contributed by atoms with E-state index in [1.807, 2.05) is 0 Å². The summed E-state index contributed by atoms with van der Waals surface area (Å²) in [6, 6.07) is 9.86. The highest BCUT2D eigenvalue weighted by Crippen LogP contribution is 2.22. The zero-order valence-corrected chi connectivity index (χ0v) is 13.9. The van der Waals surface area contributed by atoms with Gasteiger partial charge in [0.2, 0.25) is 5.91 Å². The molecule has 2 amide bonds. The topological polar surface area (TPSA) is 111 Å². The molecule has 0 saturated heterocycles. The van der Waals surface area contributed by atoms with Crippen LogP contribution in [0.2, 0.25) is 5.02 Å². The summed E-state index contributed by atoms with van der Waals surface area (Å²) in [5, 5.41) is 11.0. The van der Waals surface area contributed by atoms with Gasteiger partial charge in [-0.05, 0) is 30.3 Å². The van der Waals surface area contributed by atoms with Crippen molar-refractivity contribution >= 4 is 29.1 Å². The van der Waals surface area contributed by atoms with Crippen molar-refractivity contribution in [1.29, 1.82) is 0 Å². The number of nitrogens with zero attached hydrogens (tertiary/aromatic N) is 1. The van der Waals surface area contributed by atoms with E-state index in [9.17, 15) is 19.7 Å². The molecule has 9 heteroatoms. The molecule has 8 nitrogen and oxygen atoms in total. The van der Waals surface area contributed by atoms with Gasteiger partial charge in [-0.1, -0.05) is 11.6 Å². The molecule has 130 valence electrons. The number of carbonyl (C=O) groups excluding carboxylic acids is 2. The Labute approximate surface area is 147 Å². The van der Waals surface area contributed by atoms with Crippen LogP contribution >= 0.6 is 11.6 Å². The van der Waals surface area contributed by atoms with Crippen LogP contribution in [-0.2, 0) is 11.2 Å². The van der Waals surface area contributed by atoms with Gasteiger partial charge in [0, 0.05) is 28.3 Å². The average Bonchev–Trinajstić information content (AvgIpc) is 2.60. The third-order valence-corrected chi connectivity index (χ3v) is 3.48. The van der Waals surface area contributed by atoms with Crippen LogP contribution in [0.1, 0.15) is 15.9 Å². The normalized spacial score (nSPS) is 10.0. The molecule has 0 unspecified atom stereocenters. The van der Waals surface area contributed by atoms with E-state index in [0.29, 0.717) is 16.3 Å². The Morgan fingerprint density at radius 1 is 1.16 bits per heavy atom. The fourth-order valence-electron chi connectivity index (χ4n) is 2.04. The van der Waals surface area contributed by atoms with E-state index in [-0.39, 0.29) is 17.7 Å². The lowest BCUT2D eigenvalue weighted by Gasteiger charge is -2.10. The fraction of sp³-hybridized carbons (Fsp3) is 0.125. The summed E-state index contributed by atoms with van der Waals surface area (Å²) in [6.45, 7) is 0. The number of ether oxygens (including phenoxy) is 1. The van der Waals surface area contributed by atoms with Gasteiger partial charge in [-0.15, -0.1) is 0 Å². The molecule has 0 heterocycles. The molecule has 0 aliphatic heterocycles. The quantitative estimate of drug-likeness (QED) is 0.625. The Morgan fingerprint density at radius 2 is 1.84 bits per heavy atom. The van der Waals surface area contributed by atoms with Gasteiger partial charge in [0.05, 0.1) is 18.5 Å². The van der Waals surface area contributed by atoms with Crippen LogP contribution in [0.3, 0.4) is 0 Å². The number of nitrogens with one attached hydrogen (secondary N) is 2. The van der Waals surface area contributed by atoms with Crippen molar-refractivity contribution in [3.63, 3.8) is 0 Å². The highest BCUT2D eigenvalue weighted by molar-refractivity contribution is 6.30. The number of amides is 2. The van der Waals surface area contributed by atoms with E-state index in [1.54, 1.807) is 18.2 Å². The zero-order chi connectivity index (χ0) is 18.4. The lowest BCUT2D eigenvalue weighted by Crippen LogP contribution is -2.42. The van der Waals surface area contributed by atoms with E-state index >= 15 is 0 Å². The molecule has 2 aromatic rings. The summed E-state index contributed by atoms with van der Waals surface area (Å²) in [4.78, 5) is 33.9. The molecule has 0 saturated carbocycles. The molecular weight excluding hydrogens is 350 g/mol. The number of nitro benzene ring substituents is 1. The van der Waals surface area contributed by atoms with Gasteiger partial charge in [-0.2, -0.15) is 0 Å². The molecule has 2 rings (SSSR count). The van der Waals surface area contributed by atoms with E-state index < -0.39 is 16.7 Å². The Hall–Kier alpha value is -3.13. The number of rotatable bonds is 5. The molecule has 2 aromatic carbocycles. The van der Waals surface area contributed by atoms with Crippen molar-refractivity contribution in [2.24, 2.45) is 0 Å². The van der Waals surface area contributed by atoms with Gasteiger partial charge < -0.3 is 4.74 Å². The number of carbonyl (C=O) groups is 2. The summed E-state index contributed by atoms with van der Waals surface area (Å²) in [7, 11) is 1.47. The van der Waals surface area contributed by atoms with Crippen molar-refractivity contribution in [3.05, 3.63) is 68.7 Å². The average molecular weight is 364 g/mol. The van der Waals surface area contributed by atoms with Crippen LogP contribution < -0.4 is 15.6 Å². The highest BCUT2D eigenvalue weighted by Gasteiger charge is 2.12. The second-order valence-electron chi connectivity index (χ2n) is 4.94. The van der Waals surface area contributed by atoms with Crippen molar-refractivity contribution in [2.75, 3.05) is 7.11 Å². The standard InChI is InChI=1S/C16H14ClN3O5/c1-25-14-7-4-12(17)8-11(14)9-15(21)18-19-16(22)10-2-5-13(6-3-10)20(23)24/h2-8H,9H2,1H3,(H,18,21)(H,19,22). The van der Waals surface area contributed by atoms with Crippen molar-refractivity contribution in [2.45, 2.75) is 6.42 Å². The van der Waals surface area contributed by atoms with Crippen molar-refractivity contribution < 1.29 is 19.2 Å². The first-order valence-electron chi connectivity index (χ1n) is 7.06. The van der Waals surface area contributed by atoms with Crippen LogP contribution in [0.15, 0.2) is 42.5 Å². The summed E-state index contributed by atoms with van der Waals surface area (Å²) in [5.41, 5.74) is 5.11. The van der Waals surface area contributed by atoms with Gasteiger partial charge in [0.25, 0.3) is 11.6 Å². The molecule has 0 aliphatic rings. The first-order valence-corrected chi connectivity index (χ1v) is 7.44. The van der Waals surface area contributed by atoms with E-state index in [2.05, 4.69) is 10.9 Å². The molecule has 0 radical (unpaired) electrons. The number of hydrazine groups is 1. The van der Waals surface area contributed by atoms with E-state index in [0.717, 1.165) is 0 Å². The second kappa shape index (κ2) is 8.11. The number of nitro groups is 1. The minimum absolute atomic E-state index is 0.0513. The smallest absolute Gasteiger partial charge is 0.269 e. The first-order chi connectivity index (χ1) is 11.9. The third kappa shape index (κ3) is 4.92. The predicted octanol–water partition coefficient (Wildman–Crippen LogP) is 2.26. The van der Waals surface area contributed by atoms with Crippen molar-refractivity contribution in [3.8, 4) is 5.75 Å². The molecule has 0 spiro atoms. The zero-order valence-electron chi connectivity index (χ0n) is 13.1. The van der Waals surface area contributed by atoms with E-state index in [1.165, 1.54) is 31.4 Å². The maximum atomic E-state index is 12.0. The molecule has 0 bridgehead atoms. The minimum atomic E-state index is -0.596. The minimum Gasteiger partial charge on any atom is -0.496 e. The lowest BCUT2D eigenvalue weighted by atomic mass is 10.1. The molecule has 0 atom stereocenters. The number of methoxy groups -OCH3 is 1. The molecule has 0 aromatic heterocycles. The summed E-state index contributed by atoms with van der Waals surface area (Å²) >= 11 is 5.89. The number of non-ortho nitro benzene ring substituents is 1. The highest BCUT2D eigenvalue weighted by atomic mass is 35.5. The van der Waals surface area contributed by atoms with Crippen LogP contribution in [0.4, 0.5) is 5.69 Å². The van der Waals surface area contributed by atoms with Gasteiger partial charge in [-0.3, -0.25) is 30.6 Å². The Kier molecular flexibility index (Phi) is 5.91. The fourth-order valence-corrected chi connectivity index (χ4v) is 2.23. The Balaban J connectivity index is 1.94. The maximum absolute atomic E-state index is 12.0. The number of benzene rings is 2. The first kappa shape index (κ1) is 18.2. The van der Waals surface area contributed by atoms with Gasteiger partial charge in [0.15, 0.2) is 0 Å². The Morgan fingerprint density at radius 3 is 2.44 bits per heavy atom. The Bertz CT molecular complexity index is 808. The molecule has 0 fully saturated rings. The van der Waals surface area contributed by atoms with Crippen LogP contribution in [0.25, 0.3) is 0 Å². The SMILES string of the molecule is COc1ccc(Cl)cc1CC(=O)NNC(=O)c1ccc([N+](=O)[O-])cc1.